The van der Waals surface area contributed by atoms with Gasteiger partial charge in [0.25, 0.3) is 0 Å². The van der Waals surface area contributed by atoms with Crippen molar-refractivity contribution in [2.45, 2.75) is 25.1 Å². The summed E-state index contributed by atoms with van der Waals surface area (Å²) in [4.78, 5) is 12.4. The topological polar surface area (TPSA) is 72.7 Å². The number of carbonyl (C=O) groups excluding carboxylic acids is 1. The van der Waals surface area contributed by atoms with Gasteiger partial charge in [0, 0.05) is 11.6 Å². The number of amides is 1. The Morgan fingerprint density at radius 2 is 1.97 bits per heavy atom. The fourth-order valence-corrected chi connectivity index (χ4v) is 3.16. The van der Waals surface area contributed by atoms with E-state index in [0.29, 0.717) is 17.1 Å². The van der Waals surface area contributed by atoms with Gasteiger partial charge in [-0.25, -0.2) is 4.68 Å². The Morgan fingerprint density at radius 1 is 1.20 bits per heavy atom. The number of nitrogens with one attached hydrogen (secondary N) is 1. The smallest absolute Gasteiger partial charge is 0.322 e. The highest BCUT2D eigenvalue weighted by atomic mass is 35.5. The maximum Gasteiger partial charge on any atom is 0.417 e. The molecule has 0 aliphatic heterocycles. The van der Waals surface area contributed by atoms with Crippen LogP contribution in [0.3, 0.4) is 0 Å². The quantitative estimate of drug-likeness (QED) is 0.575. The highest BCUT2D eigenvalue weighted by Gasteiger charge is 2.33. The molecular weight excluding hydrogens is 419 g/mol. The highest BCUT2D eigenvalue weighted by molar-refractivity contribution is 6.31. The number of hydrogen-bond donors (Lipinski definition) is 1. The summed E-state index contributed by atoms with van der Waals surface area (Å²) in [5.74, 6) is 0.0429. The van der Waals surface area contributed by atoms with Crippen molar-refractivity contribution < 1.29 is 18.0 Å². The Morgan fingerprint density at radius 3 is 2.70 bits per heavy atom. The standard InChI is InChI=1S/C20H15ClF3N5O/c21-16-9-5-12(11-15(16)20(22,23)24)6-10-18(30)25-17-4-2-1-3-14(17)19-26-27-28-29(19)13-7-8-13/h1-6,9-11,13H,7-8H2,(H,25,30). The van der Waals surface area contributed by atoms with E-state index in [1.807, 2.05) is 0 Å². The van der Waals surface area contributed by atoms with Crippen molar-refractivity contribution in [3.05, 3.63) is 64.7 Å². The van der Waals surface area contributed by atoms with Crippen LogP contribution in [0.4, 0.5) is 18.9 Å². The minimum Gasteiger partial charge on any atom is -0.322 e. The number of benzene rings is 2. The molecule has 6 nitrogen and oxygen atoms in total. The first kappa shape index (κ1) is 20.1. The van der Waals surface area contributed by atoms with Gasteiger partial charge in [-0.15, -0.1) is 5.10 Å². The van der Waals surface area contributed by atoms with E-state index < -0.39 is 22.7 Å². The van der Waals surface area contributed by atoms with Gasteiger partial charge >= 0.3 is 6.18 Å². The molecule has 0 unspecified atom stereocenters. The second-order valence-electron chi connectivity index (χ2n) is 6.78. The lowest BCUT2D eigenvalue weighted by molar-refractivity contribution is -0.137. The van der Waals surface area contributed by atoms with Crippen LogP contribution < -0.4 is 5.32 Å². The number of hydrogen-bond acceptors (Lipinski definition) is 4. The molecule has 30 heavy (non-hydrogen) atoms. The van der Waals surface area contributed by atoms with Crippen molar-refractivity contribution in [2.75, 3.05) is 5.32 Å². The van der Waals surface area contributed by atoms with E-state index in [4.69, 9.17) is 11.6 Å². The first-order valence-corrected chi connectivity index (χ1v) is 9.44. The molecule has 0 atom stereocenters. The molecule has 1 heterocycles. The summed E-state index contributed by atoms with van der Waals surface area (Å²) in [5.41, 5.74) is 0.398. The third-order valence-corrected chi connectivity index (χ3v) is 4.86. The van der Waals surface area contributed by atoms with Gasteiger partial charge in [0.05, 0.1) is 22.3 Å². The number of aromatic nitrogens is 4. The largest absolute Gasteiger partial charge is 0.417 e. The normalized spacial score (nSPS) is 14.3. The third-order valence-electron chi connectivity index (χ3n) is 4.53. The zero-order valence-electron chi connectivity index (χ0n) is 15.4. The Hall–Kier alpha value is -3.20. The van der Waals surface area contributed by atoms with Gasteiger partial charge in [0.1, 0.15) is 0 Å². The van der Waals surface area contributed by atoms with Gasteiger partial charge < -0.3 is 5.32 Å². The van der Waals surface area contributed by atoms with Gasteiger partial charge in [0.15, 0.2) is 5.82 Å². The zero-order chi connectivity index (χ0) is 21.3. The SMILES string of the molecule is O=C(C=Cc1ccc(Cl)c(C(F)(F)F)c1)Nc1ccccc1-c1nnnn1C1CC1. The van der Waals surface area contributed by atoms with Crippen LogP contribution in [-0.2, 0) is 11.0 Å². The van der Waals surface area contributed by atoms with E-state index >= 15 is 0 Å². The average Bonchev–Trinajstić information content (AvgIpc) is 3.43. The average molecular weight is 434 g/mol. The van der Waals surface area contributed by atoms with Crippen molar-refractivity contribution in [2.24, 2.45) is 0 Å². The molecule has 0 spiro atoms. The maximum atomic E-state index is 13.0. The molecule has 0 saturated heterocycles. The second kappa shape index (κ2) is 7.91. The summed E-state index contributed by atoms with van der Waals surface area (Å²) >= 11 is 5.62. The molecule has 1 N–H and O–H groups in total. The number of nitrogens with zero attached hydrogens (tertiary/aromatic N) is 4. The van der Waals surface area contributed by atoms with Crippen LogP contribution in [0.5, 0.6) is 0 Å². The lowest BCUT2D eigenvalue weighted by atomic mass is 10.1. The van der Waals surface area contributed by atoms with Gasteiger partial charge in [-0.2, -0.15) is 13.2 Å². The number of rotatable bonds is 5. The summed E-state index contributed by atoms with van der Waals surface area (Å²) in [5, 5.41) is 14.1. The van der Waals surface area contributed by atoms with Gasteiger partial charge in [0.2, 0.25) is 5.91 Å². The molecule has 2 aromatic carbocycles. The number of anilines is 1. The number of alkyl halides is 3. The molecule has 10 heteroatoms. The summed E-state index contributed by atoms with van der Waals surface area (Å²) in [6.07, 6.45) is -0.137. The minimum atomic E-state index is -4.58. The van der Waals surface area contributed by atoms with Gasteiger partial charge in [-0.1, -0.05) is 29.8 Å². The van der Waals surface area contributed by atoms with E-state index in [1.54, 1.807) is 28.9 Å². The van der Waals surface area contributed by atoms with Crippen molar-refractivity contribution in [3.8, 4) is 11.4 Å². The lowest BCUT2D eigenvalue weighted by Gasteiger charge is -2.10. The van der Waals surface area contributed by atoms with Crippen LogP contribution in [0.2, 0.25) is 5.02 Å². The predicted molar refractivity (Wildman–Crippen MR) is 106 cm³/mol. The monoisotopic (exact) mass is 433 g/mol. The van der Waals surface area contributed by atoms with E-state index in [9.17, 15) is 18.0 Å². The number of halogens is 4. The molecule has 1 aliphatic rings. The minimum absolute atomic E-state index is 0.202. The van der Waals surface area contributed by atoms with E-state index in [0.717, 1.165) is 31.1 Å². The molecular formula is C20H15ClF3N5O. The third kappa shape index (κ3) is 4.35. The molecule has 4 rings (SSSR count). The molecule has 0 bridgehead atoms. The molecule has 0 radical (unpaired) electrons. The van der Waals surface area contributed by atoms with Gasteiger partial charge in [-0.05, 0) is 59.2 Å². The number of carbonyl (C=O) groups is 1. The Labute approximate surface area is 174 Å². The van der Waals surface area contributed by atoms with Crippen molar-refractivity contribution >= 4 is 29.3 Å². The van der Waals surface area contributed by atoms with Crippen LogP contribution in [0.1, 0.15) is 30.0 Å². The van der Waals surface area contributed by atoms with Crippen LogP contribution in [-0.4, -0.2) is 26.1 Å². The summed E-state index contributed by atoms with van der Waals surface area (Å²) in [6, 6.07) is 10.8. The predicted octanol–water partition coefficient (Wildman–Crippen LogP) is 5.00. The first-order valence-electron chi connectivity index (χ1n) is 9.06. The molecule has 3 aromatic rings. The highest BCUT2D eigenvalue weighted by Crippen LogP contribution is 2.38. The fourth-order valence-electron chi connectivity index (χ4n) is 2.93. The molecule has 1 aliphatic carbocycles. The van der Waals surface area contributed by atoms with Gasteiger partial charge in [-0.3, -0.25) is 4.79 Å². The van der Waals surface area contributed by atoms with E-state index in [2.05, 4.69) is 20.8 Å². The molecule has 1 aromatic heterocycles. The molecule has 1 saturated carbocycles. The number of tetrazole rings is 1. The maximum absolute atomic E-state index is 13.0. The first-order chi connectivity index (χ1) is 14.3. The lowest BCUT2D eigenvalue weighted by Crippen LogP contribution is -2.10. The Bertz CT molecular complexity index is 1120. The van der Waals surface area contributed by atoms with Crippen LogP contribution in [0.25, 0.3) is 17.5 Å². The zero-order valence-corrected chi connectivity index (χ0v) is 16.2. The second-order valence-corrected chi connectivity index (χ2v) is 7.19. The molecule has 1 fully saturated rings. The fraction of sp³-hybridized carbons (Fsp3) is 0.200. The van der Waals surface area contributed by atoms with E-state index in [-0.39, 0.29) is 11.6 Å². The van der Waals surface area contributed by atoms with Crippen molar-refractivity contribution in [3.63, 3.8) is 0 Å². The van der Waals surface area contributed by atoms with Crippen molar-refractivity contribution in [1.29, 1.82) is 0 Å². The van der Waals surface area contributed by atoms with E-state index in [1.165, 1.54) is 12.1 Å². The molecule has 154 valence electrons. The van der Waals surface area contributed by atoms with Crippen molar-refractivity contribution in [1.82, 2.24) is 20.2 Å². The number of para-hydroxylation sites is 1. The summed E-state index contributed by atoms with van der Waals surface area (Å²) in [7, 11) is 0. The van der Waals surface area contributed by atoms with Crippen LogP contribution >= 0.6 is 11.6 Å². The van der Waals surface area contributed by atoms with Crippen LogP contribution in [0, 0.1) is 0 Å². The Kier molecular flexibility index (Phi) is 5.29. The summed E-state index contributed by atoms with van der Waals surface area (Å²) < 4.78 is 40.7. The van der Waals surface area contributed by atoms with Crippen LogP contribution in [0.15, 0.2) is 48.5 Å². The molecule has 1 amide bonds. The Balaban J connectivity index is 1.54. The summed E-state index contributed by atoms with van der Waals surface area (Å²) in [6.45, 7) is 0.